The highest BCUT2D eigenvalue weighted by Gasteiger charge is 2.29. The number of benzene rings is 3. The number of amides is 1. The highest BCUT2D eigenvalue weighted by Crippen LogP contribution is 2.29. The van der Waals surface area contributed by atoms with Gasteiger partial charge in [-0.3, -0.25) is 4.79 Å². The van der Waals surface area contributed by atoms with Crippen molar-refractivity contribution in [2.75, 3.05) is 31.1 Å². The molecule has 1 aliphatic rings. The molecule has 0 N–H and O–H groups in total. The maximum atomic E-state index is 14.0. The number of hydrogen-bond donors (Lipinski definition) is 0. The van der Waals surface area contributed by atoms with Crippen molar-refractivity contribution < 1.29 is 9.18 Å². The summed E-state index contributed by atoms with van der Waals surface area (Å²) in [6.45, 7) is 6.65. The molecule has 1 fully saturated rings. The molecule has 1 saturated heterocycles. The summed E-state index contributed by atoms with van der Waals surface area (Å²) in [6, 6.07) is 26.7. The van der Waals surface area contributed by atoms with Crippen molar-refractivity contribution >= 4 is 11.7 Å². The van der Waals surface area contributed by atoms with Crippen LogP contribution in [0, 0.1) is 19.7 Å². The van der Waals surface area contributed by atoms with Gasteiger partial charge in [0.15, 0.2) is 0 Å². The second kappa shape index (κ2) is 11.5. The van der Waals surface area contributed by atoms with E-state index >= 15 is 0 Å². The van der Waals surface area contributed by atoms with Crippen LogP contribution in [0.5, 0.6) is 0 Å². The first-order valence-electron chi connectivity index (χ1n) is 13.2. The smallest absolute Gasteiger partial charge is 0.234 e. The van der Waals surface area contributed by atoms with Crippen LogP contribution in [0.25, 0.3) is 0 Å². The summed E-state index contributed by atoms with van der Waals surface area (Å²) in [5, 5.41) is 0. The largest absolute Gasteiger partial charge is 0.354 e. The molecule has 0 radical (unpaired) electrons. The molecule has 0 aliphatic carbocycles. The average molecular weight is 509 g/mol. The minimum Gasteiger partial charge on any atom is -0.354 e. The zero-order valence-electron chi connectivity index (χ0n) is 22.0. The Kier molecular flexibility index (Phi) is 7.78. The van der Waals surface area contributed by atoms with E-state index in [0.717, 1.165) is 46.7 Å². The quantitative estimate of drug-likeness (QED) is 0.336. The first-order valence-corrected chi connectivity index (χ1v) is 13.2. The zero-order valence-corrected chi connectivity index (χ0v) is 22.0. The zero-order chi connectivity index (χ0) is 26.5. The number of hydrogen-bond acceptors (Lipinski definition) is 4. The Morgan fingerprint density at radius 3 is 2.18 bits per heavy atom. The van der Waals surface area contributed by atoms with Crippen LogP contribution in [0.1, 0.15) is 46.1 Å². The molecule has 1 aromatic heterocycles. The lowest BCUT2D eigenvalue weighted by molar-refractivity contribution is -0.131. The number of rotatable bonds is 6. The van der Waals surface area contributed by atoms with Crippen molar-refractivity contribution in [2.45, 2.75) is 32.6 Å². The molecule has 38 heavy (non-hydrogen) atoms. The summed E-state index contributed by atoms with van der Waals surface area (Å²) in [6.07, 6.45) is 1.39. The van der Waals surface area contributed by atoms with Gasteiger partial charge in [0.05, 0.1) is 5.92 Å². The Morgan fingerprint density at radius 1 is 0.842 bits per heavy atom. The second-order valence-corrected chi connectivity index (χ2v) is 9.89. The summed E-state index contributed by atoms with van der Waals surface area (Å²) in [4.78, 5) is 27.7. The number of anilines is 1. The van der Waals surface area contributed by atoms with Crippen molar-refractivity contribution in [3.05, 3.63) is 125 Å². The van der Waals surface area contributed by atoms with Crippen molar-refractivity contribution in [3.8, 4) is 0 Å². The van der Waals surface area contributed by atoms with E-state index in [2.05, 4.69) is 9.88 Å². The molecule has 1 aliphatic heterocycles. The number of aryl methyl sites for hydroxylation is 2. The number of nitrogens with zero attached hydrogens (tertiary/aromatic N) is 4. The molecule has 1 amide bonds. The van der Waals surface area contributed by atoms with E-state index in [4.69, 9.17) is 4.98 Å². The van der Waals surface area contributed by atoms with Gasteiger partial charge in [0, 0.05) is 43.9 Å². The molecule has 6 heteroatoms. The number of carbonyl (C=O) groups excluding carboxylic acids is 1. The fourth-order valence-corrected chi connectivity index (χ4v) is 5.34. The molecule has 4 aromatic rings. The highest BCUT2D eigenvalue weighted by molar-refractivity contribution is 5.87. The molecule has 5 rings (SSSR count). The third-order valence-corrected chi connectivity index (χ3v) is 7.19. The molecule has 0 saturated carbocycles. The van der Waals surface area contributed by atoms with Gasteiger partial charge < -0.3 is 9.80 Å². The van der Waals surface area contributed by atoms with Crippen LogP contribution < -0.4 is 4.90 Å². The first kappa shape index (κ1) is 25.6. The SMILES string of the molecule is Cc1nc(C)c(Cc2cccc(F)c2)c(N2CCCN(C(=O)C(c3ccccc3)c3ccccc3)CC2)n1. The fraction of sp³-hybridized carbons (Fsp3) is 0.281. The molecule has 0 bridgehead atoms. The van der Waals surface area contributed by atoms with Crippen LogP contribution in [-0.4, -0.2) is 47.0 Å². The van der Waals surface area contributed by atoms with Crippen molar-refractivity contribution in [2.24, 2.45) is 0 Å². The van der Waals surface area contributed by atoms with Gasteiger partial charge in [-0.2, -0.15) is 0 Å². The van der Waals surface area contributed by atoms with Gasteiger partial charge in [0.25, 0.3) is 0 Å². The molecular weight excluding hydrogens is 475 g/mol. The lowest BCUT2D eigenvalue weighted by atomic mass is 9.90. The third-order valence-electron chi connectivity index (χ3n) is 7.19. The van der Waals surface area contributed by atoms with Crippen LogP contribution in [0.15, 0.2) is 84.9 Å². The Balaban J connectivity index is 1.39. The lowest BCUT2D eigenvalue weighted by Crippen LogP contribution is -2.39. The molecule has 194 valence electrons. The fourth-order valence-electron chi connectivity index (χ4n) is 5.34. The average Bonchev–Trinajstić information content (AvgIpc) is 3.18. The summed E-state index contributed by atoms with van der Waals surface area (Å²) in [5.74, 6) is 1.14. The van der Waals surface area contributed by atoms with E-state index in [0.29, 0.717) is 31.9 Å². The van der Waals surface area contributed by atoms with Gasteiger partial charge in [-0.1, -0.05) is 72.8 Å². The topological polar surface area (TPSA) is 49.3 Å². The molecule has 5 nitrogen and oxygen atoms in total. The van der Waals surface area contributed by atoms with Gasteiger partial charge in [0.2, 0.25) is 5.91 Å². The Morgan fingerprint density at radius 2 is 1.53 bits per heavy atom. The second-order valence-electron chi connectivity index (χ2n) is 9.89. The molecule has 0 spiro atoms. The summed E-state index contributed by atoms with van der Waals surface area (Å²) in [7, 11) is 0. The molecule has 0 atom stereocenters. The van der Waals surface area contributed by atoms with E-state index in [1.165, 1.54) is 6.07 Å². The molecular formula is C32H33FN4O. The van der Waals surface area contributed by atoms with Crippen molar-refractivity contribution in [1.29, 1.82) is 0 Å². The van der Waals surface area contributed by atoms with Crippen molar-refractivity contribution in [3.63, 3.8) is 0 Å². The van der Waals surface area contributed by atoms with E-state index in [9.17, 15) is 9.18 Å². The number of aromatic nitrogens is 2. The first-order chi connectivity index (χ1) is 18.5. The minimum atomic E-state index is -0.337. The van der Waals surface area contributed by atoms with Crippen LogP contribution in [-0.2, 0) is 11.2 Å². The minimum absolute atomic E-state index is 0.124. The maximum Gasteiger partial charge on any atom is 0.234 e. The van der Waals surface area contributed by atoms with E-state index in [-0.39, 0.29) is 17.6 Å². The van der Waals surface area contributed by atoms with Crippen molar-refractivity contribution in [1.82, 2.24) is 14.9 Å². The standard InChI is InChI=1S/C32H33FN4O/c1-23-29(22-25-11-9-16-28(33)21-25)31(35-24(2)34-23)36-17-10-18-37(20-19-36)32(38)30(26-12-5-3-6-13-26)27-14-7-4-8-15-27/h3-9,11-16,21,30H,10,17-20,22H2,1-2H3. The predicted molar refractivity (Wildman–Crippen MR) is 149 cm³/mol. The van der Waals surface area contributed by atoms with Gasteiger partial charge >= 0.3 is 0 Å². The molecule has 2 heterocycles. The Bertz CT molecular complexity index is 1350. The van der Waals surface area contributed by atoms with E-state index in [1.54, 1.807) is 12.1 Å². The number of halogens is 1. The Hall–Kier alpha value is -4.06. The summed E-state index contributed by atoms with van der Waals surface area (Å²) in [5.41, 5.74) is 4.81. The summed E-state index contributed by atoms with van der Waals surface area (Å²) >= 11 is 0. The molecule has 3 aromatic carbocycles. The van der Waals surface area contributed by atoms with Gasteiger partial charge in [-0.15, -0.1) is 0 Å². The van der Waals surface area contributed by atoms with Crippen LogP contribution >= 0.6 is 0 Å². The van der Waals surface area contributed by atoms with Gasteiger partial charge in [-0.25, -0.2) is 14.4 Å². The number of carbonyl (C=O) groups is 1. The van der Waals surface area contributed by atoms with Crippen LogP contribution in [0.3, 0.4) is 0 Å². The lowest BCUT2D eigenvalue weighted by Gasteiger charge is -2.28. The van der Waals surface area contributed by atoms with Gasteiger partial charge in [0.1, 0.15) is 17.5 Å². The van der Waals surface area contributed by atoms with Crippen LogP contribution in [0.2, 0.25) is 0 Å². The predicted octanol–water partition coefficient (Wildman–Crippen LogP) is 5.69. The molecule has 0 unspecified atom stereocenters. The maximum absolute atomic E-state index is 14.0. The highest BCUT2D eigenvalue weighted by atomic mass is 19.1. The summed E-state index contributed by atoms with van der Waals surface area (Å²) < 4.78 is 13.9. The van der Waals surface area contributed by atoms with Gasteiger partial charge in [-0.05, 0) is 49.1 Å². The van der Waals surface area contributed by atoms with E-state index < -0.39 is 0 Å². The normalized spacial score (nSPS) is 14.0. The monoisotopic (exact) mass is 508 g/mol. The van der Waals surface area contributed by atoms with Crippen LogP contribution in [0.4, 0.5) is 10.2 Å². The Labute approximate surface area is 224 Å². The third kappa shape index (κ3) is 5.75. The van der Waals surface area contributed by atoms with E-state index in [1.807, 2.05) is 85.5 Å².